The summed E-state index contributed by atoms with van der Waals surface area (Å²) in [6.07, 6.45) is 0. The van der Waals surface area contributed by atoms with E-state index in [1.165, 1.54) is 19.2 Å². The van der Waals surface area contributed by atoms with E-state index in [1.807, 2.05) is 20.8 Å². The van der Waals surface area contributed by atoms with Crippen molar-refractivity contribution in [3.63, 3.8) is 0 Å². The lowest BCUT2D eigenvalue weighted by Gasteiger charge is -2.07. The fraction of sp³-hybridized carbons (Fsp3) is 0.333. The van der Waals surface area contributed by atoms with Crippen molar-refractivity contribution in [3.05, 3.63) is 41.3 Å². The van der Waals surface area contributed by atoms with E-state index in [9.17, 15) is 9.18 Å². The molecule has 112 valence electrons. The normalized spacial score (nSPS) is 10.8. The van der Waals surface area contributed by atoms with Crippen molar-refractivity contribution < 1.29 is 18.7 Å². The molecule has 0 unspecified atom stereocenters. The molecule has 0 bridgehead atoms. The predicted octanol–water partition coefficient (Wildman–Crippen LogP) is 3.14. The Morgan fingerprint density at radius 2 is 2.05 bits per heavy atom. The van der Waals surface area contributed by atoms with Crippen molar-refractivity contribution in [2.75, 3.05) is 7.11 Å². The molecule has 1 aromatic carbocycles. The van der Waals surface area contributed by atoms with E-state index in [1.54, 1.807) is 10.7 Å². The summed E-state index contributed by atoms with van der Waals surface area (Å²) in [5.74, 6) is -1.00. The topological polar surface area (TPSA) is 53.4 Å². The zero-order chi connectivity index (χ0) is 15.6. The molecule has 0 saturated carbocycles. The standard InChI is InChI=1S/C15H17FN2O3/c1-9(2)18-10(3)7-14(17-18)21-15(19)11-5-6-13(20-4)12(16)8-11/h5-9H,1-4H3. The van der Waals surface area contributed by atoms with Crippen LogP contribution in [0.2, 0.25) is 0 Å². The van der Waals surface area contributed by atoms with Crippen LogP contribution in [0.3, 0.4) is 0 Å². The van der Waals surface area contributed by atoms with E-state index in [0.29, 0.717) is 0 Å². The summed E-state index contributed by atoms with van der Waals surface area (Å²) >= 11 is 0. The molecule has 0 spiro atoms. The molecule has 0 saturated heterocycles. The summed E-state index contributed by atoms with van der Waals surface area (Å²) in [5, 5.41) is 4.19. The van der Waals surface area contributed by atoms with Crippen LogP contribution in [0.25, 0.3) is 0 Å². The number of carbonyl (C=O) groups is 1. The Bertz CT molecular complexity index is 665. The highest BCUT2D eigenvalue weighted by molar-refractivity contribution is 5.91. The maximum Gasteiger partial charge on any atom is 0.345 e. The van der Waals surface area contributed by atoms with Crippen LogP contribution in [-0.4, -0.2) is 22.9 Å². The van der Waals surface area contributed by atoms with E-state index in [-0.39, 0.29) is 23.2 Å². The number of halogens is 1. The molecule has 5 nitrogen and oxygen atoms in total. The number of benzene rings is 1. The number of aryl methyl sites for hydroxylation is 1. The highest BCUT2D eigenvalue weighted by atomic mass is 19.1. The first-order valence-electron chi connectivity index (χ1n) is 6.54. The quantitative estimate of drug-likeness (QED) is 0.812. The highest BCUT2D eigenvalue weighted by Crippen LogP contribution is 2.20. The summed E-state index contributed by atoms with van der Waals surface area (Å²) in [7, 11) is 1.36. The smallest absolute Gasteiger partial charge is 0.345 e. The Balaban J connectivity index is 2.18. The van der Waals surface area contributed by atoms with E-state index in [0.717, 1.165) is 11.8 Å². The first-order valence-corrected chi connectivity index (χ1v) is 6.54. The van der Waals surface area contributed by atoms with Crippen molar-refractivity contribution >= 4 is 5.97 Å². The Kier molecular flexibility index (Phi) is 4.26. The van der Waals surface area contributed by atoms with Crippen molar-refractivity contribution in [2.45, 2.75) is 26.8 Å². The van der Waals surface area contributed by atoms with Gasteiger partial charge in [-0.05, 0) is 39.0 Å². The van der Waals surface area contributed by atoms with Gasteiger partial charge in [-0.1, -0.05) is 0 Å². The number of carbonyl (C=O) groups excluding carboxylic acids is 1. The van der Waals surface area contributed by atoms with Gasteiger partial charge in [0.15, 0.2) is 11.6 Å². The zero-order valence-corrected chi connectivity index (χ0v) is 12.4. The van der Waals surface area contributed by atoms with Crippen LogP contribution in [-0.2, 0) is 0 Å². The Labute approximate surface area is 122 Å². The number of esters is 1. The van der Waals surface area contributed by atoms with Crippen molar-refractivity contribution in [3.8, 4) is 11.6 Å². The molecule has 1 aromatic heterocycles. The third-order valence-electron chi connectivity index (χ3n) is 2.97. The van der Waals surface area contributed by atoms with Gasteiger partial charge in [-0.25, -0.2) is 9.18 Å². The summed E-state index contributed by atoms with van der Waals surface area (Å²) in [5.41, 5.74) is 0.985. The summed E-state index contributed by atoms with van der Waals surface area (Å²) in [4.78, 5) is 12.0. The number of aromatic nitrogens is 2. The monoisotopic (exact) mass is 292 g/mol. The maximum absolute atomic E-state index is 13.6. The molecule has 1 heterocycles. The molecular weight excluding hydrogens is 275 g/mol. The lowest BCUT2D eigenvalue weighted by Crippen LogP contribution is -2.10. The van der Waals surface area contributed by atoms with Crippen LogP contribution in [0, 0.1) is 12.7 Å². The molecule has 0 aliphatic heterocycles. The molecule has 0 aliphatic rings. The van der Waals surface area contributed by atoms with Gasteiger partial charge in [0.05, 0.1) is 12.7 Å². The molecule has 6 heteroatoms. The van der Waals surface area contributed by atoms with Crippen LogP contribution >= 0.6 is 0 Å². The number of hydrogen-bond donors (Lipinski definition) is 0. The zero-order valence-electron chi connectivity index (χ0n) is 12.4. The van der Waals surface area contributed by atoms with Gasteiger partial charge >= 0.3 is 5.97 Å². The molecule has 0 atom stereocenters. The Morgan fingerprint density at radius 1 is 1.33 bits per heavy atom. The molecule has 2 aromatic rings. The third-order valence-corrected chi connectivity index (χ3v) is 2.97. The van der Waals surface area contributed by atoms with Gasteiger partial charge in [-0.15, -0.1) is 5.10 Å². The number of nitrogens with zero attached hydrogens (tertiary/aromatic N) is 2. The second-order valence-corrected chi connectivity index (χ2v) is 4.90. The third kappa shape index (κ3) is 3.21. The fourth-order valence-electron chi connectivity index (χ4n) is 1.98. The van der Waals surface area contributed by atoms with Gasteiger partial charge < -0.3 is 9.47 Å². The molecule has 0 fully saturated rings. The van der Waals surface area contributed by atoms with Gasteiger partial charge in [-0.3, -0.25) is 4.68 Å². The van der Waals surface area contributed by atoms with E-state index in [2.05, 4.69) is 5.10 Å². The molecule has 0 radical (unpaired) electrons. The number of rotatable bonds is 4. The summed E-state index contributed by atoms with van der Waals surface area (Å²) in [6.45, 7) is 5.83. The summed E-state index contributed by atoms with van der Waals surface area (Å²) < 4.78 is 25.3. The molecule has 0 N–H and O–H groups in total. The molecule has 2 rings (SSSR count). The minimum atomic E-state index is -0.662. The average molecular weight is 292 g/mol. The van der Waals surface area contributed by atoms with Gasteiger partial charge in [0, 0.05) is 17.8 Å². The SMILES string of the molecule is COc1ccc(C(=O)Oc2cc(C)n(C(C)C)n2)cc1F. The molecular formula is C15H17FN2O3. The first kappa shape index (κ1) is 15.0. The van der Waals surface area contributed by atoms with Gasteiger partial charge in [-0.2, -0.15) is 0 Å². The fourth-order valence-corrected chi connectivity index (χ4v) is 1.98. The van der Waals surface area contributed by atoms with E-state index in [4.69, 9.17) is 9.47 Å². The minimum Gasteiger partial charge on any atom is -0.494 e. The minimum absolute atomic E-state index is 0.0754. The Morgan fingerprint density at radius 3 is 2.57 bits per heavy atom. The van der Waals surface area contributed by atoms with Crippen molar-refractivity contribution in [2.24, 2.45) is 0 Å². The van der Waals surface area contributed by atoms with Crippen molar-refractivity contribution in [1.29, 1.82) is 0 Å². The highest BCUT2D eigenvalue weighted by Gasteiger charge is 2.15. The van der Waals surface area contributed by atoms with Gasteiger partial charge in [0.1, 0.15) is 0 Å². The van der Waals surface area contributed by atoms with Gasteiger partial charge in [0.25, 0.3) is 0 Å². The maximum atomic E-state index is 13.6. The largest absolute Gasteiger partial charge is 0.494 e. The number of hydrogen-bond acceptors (Lipinski definition) is 4. The first-order chi connectivity index (χ1) is 9.92. The second kappa shape index (κ2) is 5.95. The van der Waals surface area contributed by atoms with Crippen LogP contribution in [0.5, 0.6) is 11.6 Å². The molecule has 0 amide bonds. The molecule has 0 aliphatic carbocycles. The molecule has 21 heavy (non-hydrogen) atoms. The second-order valence-electron chi connectivity index (χ2n) is 4.90. The van der Waals surface area contributed by atoms with Gasteiger partial charge in [0.2, 0.25) is 5.88 Å². The number of methoxy groups -OCH3 is 1. The van der Waals surface area contributed by atoms with Crippen molar-refractivity contribution in [1.82, 2.24) is 9.78 Å². The van der Waals surface area contributed by atoms with E-state index < -0.39 is 11.8 Å². The predicted molar refractivity (Wildman–Crippen MR) is 75.3 cm³/mol. The van der Waals surface area contributed by atoms with E-state index >= 15 is 0 Å². The summed E-state index contributed by atoms with van der Waals surface area (Å²) in [6, 6.07) is 5.72. The van der Waals surface area contributed by atoms with Crippen LogP contribution < -0.4 is 9.47 Å². The van der Waals surface area contributed by atoms with Crippen LogP contribution in [0.15, 0.2) is 24.3 Å². The number of ether oxygens (including phenoxy) is 2. The lowest BCUT2D eigenvalue weighted by molar-refractivity contribution is 0.0725. The van der Waals surface area contributed by atoms with Crippen LogP contribution in [0.1, 0.15) is 35.9 Å². The lowest BCUT2D eigenvalue weighted by atomic mass is 10.2. The average Bonchev–Trinajstić information content (AvgIpc) is 2.79. The van der Waals surface area contributed by atoms with Crippen LogP contribution in [0.4, 0.5) is 4.39 Å². The Hall–Kier alpha value is -2.37.